The Balaban J connectivity index is 1.70. The van der Waals surface area contributed by atoms with Gasteiger partial charge in [0.2, 0.25) is 5.88 Å². The van der Waals surface area contributed by atoms with Crippen LogP contribution in [0.3, 0.4) is 0 Å². The summed E-state index contributed by atoms with van der Waals surface area (Å²) >= 11 is 0. The van der Waals surface area contributed by atoms with Gasteiger partial charge in [0.15, 0.2) is 0 Å². The Hall–Kier alpha value is -4.70. The summed E-state index contributed by atoms with van der Waals surface area (Å²) in [5, 5.41) is 12.5. The number of amides is 1. The first-order valence-electron chi connectivity index (χ1n) is 12.4. The second-order valence-electron chi connectivity index (χ2n) is 10.1. The van der Waals surface area contributed by atoms with Crippen LogP contribution in [-0.4, -0.2) is 21.8 Å². The molecule has 1 amide bonds. The third-order valence-corrected chi connectivity index (χ3v) is 6.18. The van der Waals surface area contributed by atoms with Crippen LogP contribution in [0, 0.1) is 18.3 Å². The number of hydrogen-bond donors (Lipinski definition) is 1. The third-order valence-electron chi connectivity index (χ3n) is 6.18. The van der Waals surface area contributed by atoms with Gasteiger partial charge in [-0.1, -0.05) is 69.3 Å². The van der Waals surface area contributed by atoms with Gasteiger partial charge in [0.05, 0.1) is 0 Å². The van der Waals surface area contributed by atoms with E-state index >= 15 is 0 Å². The maximum Gasteiger partial charge on any atom is 0.269 e. The highest BCUT2D eigenvalue weighted by atomic mass is 16.5. The standard InChI is InChI=1S/C31H30N4O3/c1-21-9-8-18-35-27(21)34-29(38-25-14-12-24(13-15-25)31(2,3)4)26(30(35)37)19-23(20-32)28(36)33-17-16-22-10-6-5-7-11-22/h5-15,18-19H,16-17H2,1-4H3,(H,33,36)/b23-19+. The average Bonchev–Trinajstić information content (AvgIpc) is 2.89. The van der Waals surface area contributed by atoms with Crippen molar-refractivity contribution in [2.24, 2.45) is 0 Å². The van der Waals surface area contributed by atoms with Crippen molar-refractivity contribution in [3.8, 4) is 17.7 Å². The predicted molar refractivity (Wildman–Crippen MR) is 148 cm³/mol. The number of fused-ring (bicyclic) bond motifs is 1. The van der Waals surface area contributed by atoms with Crippen LogP contribution in [0.1, 0.15) is 43.0 Å². The summed E-state index contributed by atoms with van der Waals surface area (Å²) in [6.45, 7) is 8.55. The largest absolute Gasteiger partial charge is 0.438 e. The highest BCUT2D eigenvalue weighted by molar-refractivity contribution is 6.01. The van der Waals surface area contributed by atoms with Gasteiger partial charge in [0, 0.05) is 12.7 Å². The molecule has 0 aliphatic carbocycles. The zero-order valence-electron chi connectivity index (χ0n) is 22.0. The highest BCUT2D eigenvalue weighted by Crippen LogP contribution is 2.28. The molecule has 7 heteroatoms. The van der Waals surface area contributed by atoms with Gasteiger partial charge >= 0.3 is 0 Å². The molecule has 2 aromatic carbocycles. The normalized spacial score (nSPS) is 11.7. The molecule has 0 unspecified atom stereocenters. The van der Waals surface area contributed by atoms with Gasteiger partial charge in [0.25, 0.3) is 11.5 Å². The van der Waals surface area contributed by atoms with Crippen LogP contribution < -0.4 is 15.6 Å². The molecule has 7 nitrogen and oxygen atoms in total. The molecule has 0 aliphatic rings. The van der Waals surface area contributed by atoms with Gasteiger partial charge in [-0.25, -0.2) is 0 Å². The van der Waals surface area contributed by atoms with Gasteiger partial charge in [-0.2, -0.15) is 10.2 Å². The molecule has 38 heavy (non-hydrogen) atoms. The first-order chi connectivity index (χ1) is 18.2. The maximum atomic E-state index is 13.5. The molecule has 0 bridgehead atoms. The molecule has 1 N–H and O–H groups in total. The molecular weight excluding hydrogens is 476 g/mol. The molecule has 0 saturated carbocycles. The lowest BCUT2D eigenvalue weighted by molar-refractivity contribution is -0.117. The minimum Gasteiger partial charge on any atom is -0.438 e. The fourth-order valence-corrected chi connectivity index (χ4v) is 3.98. The smallest absolute Gasteiger partial charge is 0.269 e. The van der Waals surface area contributed by atoms with Crippen LogP contribution >= 0.6 is 0 Å². The van der Waals surface area contributed by atoms with E-state index in [2.05, 4.69) is 31.1 Å². The van der Waals surface area contributed by atoms with Crippen molar-refractivity contribution in [3.63, 3.8) is 0 Å². The Morgan fingerprint density at radius 2 is 1.79 bits per heavy atom. The summed E-state index contributed by atoms with van der Waals surface area (Å²) in [5.41, 5.74) is 2.75. The van der Waals surface area contributed by atoms with E-state index in [0.717, 1.165) is 16.7 Å². The number of carbonyl (C=O) groups is 1. The van der Waals surface area contributed by atoms with Crippen molar-refractivity contribution in [2.45, 2.75) is 39.5 Å². The predicted octanol–water partition coefficient (Wildman–Crippen LogP) is 5.36. The molecule has 2 heterocycles. The monoisotopic (exact) mass is 506 g/mol. The van der Waals surface area contributed by atoms with E-state index < -0.39 is 11.5 Å². The molecule has 0 spiro atoms. The minimum atomic E-state index is -0.572. The average molecular weight is 507 g/mol. The molecule has 0 saturated heterocycles. The minimum absolute atomic E-state index is 0.0164. The fraction of sp³-hybridized carbons (Fsp3) is 0.226. The Labute approximate surface area is 222 Å². The molecule has 0 radical (unpaired) electrons. The molecule has 0 fully saturated rings. The number of hydrogen-bond acceptors (Lipinski definition) is 5. The quantitative estimate of drug-likeness (QED) is 0.269. The summed E-state index contributed by atoms with van der Waals surface area (Å²) in [7, 11) is 0. The Morgan fingerprint density at radius 3 is 2.45 bits per heavy atom. The van der Waals surface area contributed by atoms with Crippen LogP contribution in [0.25, 0.3) is 11.7 Å². The number of carbonyl (C=O) groups excluding carboxylic acids is 1. The summed E-state index contributed by atoms with van der Waals surface area (Å²) in [6.07, 6.45) is 3.47. The third kappa shape index (κ3) is 5.98. The number of nitriles is 1. The van der Waals surface area contributed by atoms with Gasteiger partial charge in [-0.05, 0) is 59.7 Å². The van der Waals surface area contributed by atoms with Crippen molar-refractivity contribution in [3.05, 3.63) is 111 Å². The lowest BCUT2D eigenvalue weighted by Crippen LogP contribution is -2.27. The molecule has 0 aliphatic heterocycles. The molecule has 4 rings (SSSR count). The SMILES string of the molecule is Cc1cccn2c(=O)c(/C=C(\C#N)C(=O)NCCc3ccccc3)c(Oc3ccc(C(C)(C)C)cc3)nc12. The number of aryl methyl sites for hydroxylation is 1. The van der Waals surface area contributed by atoms with Gasteiger partial charge in [-0.3, -0.25) is 14.0 Å². The van der Waals surface area contributed by atoms with Gasteiger partial charge in [0.1, 0.15) is 28.6 Å². The lowest BCUT2D eigenvalue weighted by Gasteiger charge is -2.19. The number of nitrogens with zero attached hydrogens (tertiary/aromatic N) is 3. The lowest BCUT2D eigenvalue weighted by atomic mass is 9.87. The van der Waals surface area contributed by atoms with E-state index in [1.54, 1.807) is 12.3 Å². The van der Waals surface area contributed by atoms with Crippen LogP contribution in [0.4, 0.5) is 0 Å². The fourth-order valence-electron chi connectivity index (χ4n) is 3.98. The van der Waals surface area contributed by atoms with Crippen molar-refractivity contribution in [2.75, 3.05) is 6.54 Å². The number of pyridine rings is 1. The van der Waals surface area contributed by atoms with Crippen molar-refractivity contribution in [1.82, 2.24) is 14.7 Å². The van der Waals surface area contributed by atoms with E-state index in [9.17, 15) is 14.9 Å². The number of aromatic nitrogens is 2. The van der Waals surface area contributed by atoms with Crippen molar-refractivity contribution >= 4 is 17.6 Å². The number of rotatable bonds is 7. The second-order valence-corrected chi connectivity index (χ2v) is 10.1. The number of benzene rings is 2. The molecule has 0 atom stereocenters. The van der Waals surface area contributed by atoms with Crippen LogP contribution in [0.15, 0.2) is 83.3 Å². The molecular formula is C31H30N4O3. The summed E-state index contributed by atoms with van der Waals surface area (Å²) in [4.78, 5) is 30.9. The zero-order chi connectivity index (χ0) is 27.3. The second kappa shape index (κ2) is 11.1. The van der Waals surface area contributed by atoms with Gasteiger partial charge in [-0.15, -0.1) is 0 Å². The Bertz CT molecular complexity index is 1590. The Kier molecular flexibility index (Phi) is 7.73. The topological polar surface area (TPSA) is 96.5 Å². The number of ether oxygens (including phenoxy) is 1. The summed E-state index contributed by atoms with van der Waals surface area (Å²) in [5.74, 6) is -0.0569. The van der Waals surface area contributed by atoms with E-state index in [4.69, 9.17) is 4.74 Å². The van der Waals surface area contributed by atoms with E-state index in [0.29, 0.717) is 24.4 Å². The number of nitrogens with one attached hydrogen (secondary N) is 1. The Morgan fingerprint density at radius 1 is 1.08 bits per heavy atom. The van der Waals surface area contributed by atoms with Crippen LogP contribution in [0.2, 0.25) is 0 Å². The van der Waals surface area contributed by atoms with E-state index in [-0.39, 0.29) is 22.4 Å². The first-order valence-corrected chi connectivity index (χ1v) is 12.4. The van der Waals surface area contributed by atoms with Crippen LogP contribution in [-0.2, 0) is 16.6 Å². The molecule has 192 valence electrons. The highest BCUT2D eigenvalue weighted by Gasteiger charge is 2.19. The zero-order valence-corrected chi connectivity index (χ0v) is 22.0. The molecule has 2 aromatic heterocycles. The van der Waals surface area contributed by atoms with Crippen molar-refractivity contribution < 1.29 is 9.53 Å². The van der Waals surface area contributed by atoms with E-state index in [1.165, 1.54) is 10.5 Å². The van der Waals surface area contributed by atoms with Crippen LogP contribution in [0.5, 0.6) is 11.6 Å². The first kappa shape index (κ1) is 26.4. The molecule has 4 aromatic rings. The van der Waals surface area contributed by atoms with E-state index in [1.807, 2.05) is 73.7 Å². The summed E-state index contributed by atoms with van der Waals surface area (Å²) in [6, 6.07) is 22.8. The summed E-state index contributed by atoms with van der Waals surface area (Å²) < 4.78 is 7.46. The van der Waals surface area contributed by atoms with Crippen molar-refractivity contribution in [1.29, 1.82) is 5.26 Å². The maximum absolute atomic E-state index is 13.5. The van der Waals surface area contributed by atoms with Gasteiger partial charge < -0.3 is 10.1 Å².